The second kappa shape index (κ2) is 5.42. The Balaban J connectivity index is 2.33. The molecule has 4 nitrogen and oxygen atoms in total. The zero-order valence-corrected chi connectivity index (χ0v) is 11.1. The summed E-state index contributed by atoms with van der Waals surface area (Å²) in [5.41, 5.74) is 0.345. The third-order valence-corrected chi connectivity index (χ3v) is 4.40. The number of hydrogen-bond donors (Lipinski definition) is 1. The number of sulfone groups is 1. The average Bonchev–Trinajstić information content (AvgIpc) is 2.41. The Morgan fingerprint density at radius 1 is 1.10 bits per heavy atom. The molecule has 0 bridgehead atoms. The Morgan fingerprint density at radius 2 is 1.75 bits per heavy atom. The van der Waals surface area contributed by atoms with E-state index >= 15 is 0 Å². The van der Waals surface area contributed by atoms with Gasteiger partial charge in [0.25, 0.3) is 0 Å². The van der Waals surface area contributed by atoms with Crippen molar-refractivity contribution in [3.63, 3.8) is 0 Å². The van der Waals surface area contributed by atoms with Gasteiger partial charge in [0.15, 0.2) is 9.84 Å². The van der Waals surface area contributed by atoms with Gasteiger partial charge in [0.2, 0.25) is 0 Å². The molecule has 0 aromatic heterocycles. The molecule has 2 aromatic rings. The van der Waals surface area contributed by atoms with Crippen LogP contribution in [-0.4, -0.2) is 19.5 Å². The monoisotopic (exact) mass is 294 g/mol. The first kappa shape index (κ1) is 14.2. The minimum absolute atomic E-state index is 0.0678. The summed E-state index contributed by atoms with van der Waals surface area (Å²) in [4.78, 5) is 10.8. The number of aromatic carboxylic acids is 1. The van der Waals surface area contributed by atoms with Crippen LogP contribution in [-0.2, 0) is 15.6 Å². The van der Waals surface area contributed by atoms with E-state index in [1.165, 1.54) is 42.5 Å². The number of rotatable bonds is 4. The lowest BCUT2D eigenvalue weighted by molar-refractivity contribution is 0.0696. The summed E-state index contributed by atoms with van der Waals surface area (Å²) in [7, 11) is -3.67. The molecule has 20 heavy (non-hydrogen) atoms. The van der Waals surface area contributed by atoms with E-state index in [-0.39, 0.29) is 16.2 Å². The third kappa shape index (κ3) is 3.21. The highest BCUT2D eigenvalue weighted by Gasteiger charge is 2.17. The lowest BCUT2D eigenvalue weighted by Gasteiger charge is -2.05. The van der Waals surface area contributed by atoms with Gasteiger partial charge in [-0.3, -0.25) is 0 Å². The van der Waals surface area contributed by atoms with Crippen LogP contribution in [0.5, 0.6) is 0 Å². The molecule has 0 aliphatic carbocycles. The van der Waals surface area contributed by atoms with Gasteiger partial charge >= 0.3 is 5.97 Å². The van der Waals surface area contributed by atoms with Gasteiger partial charge in [-0.15, -0.1) is 0 Å². The van der Waals surface area contributed by atoms with Crippen LogP contribution in [0, 0.1) is 5.82 Å². The summed E-state index contributed by atoms with van der Waals surface area (Å²) in [6, 6.07) is 10.3. The van der Waals surface area contributed by atoms with E-state index in [9.17, 15) is 17.6 Å². The Bertz CT molecular complexity index is 736. The van der Waals surface area contributed by atoms with Crippen LogP contribution < -0.4 is 0 Å². The van der Waals surface area contributed by atoms with Crippen LogP contribution in [0.4, 0.5) is 4.39 Å². The van der Waals surface area contributed by atoms with Crippen LogP contribution in [0.2, 0.25) is 0 Å². The summed E-state index contributed by atoms with van der Waals surface area (Å²) in [6.45, 7) is 0. The van der Waals surface area contributed by atoms with Gasteiger partial charge in [-0.25, -0.2) is 17.6 Å². The van der Waals surface area contributed by atoms with Crippen LogP contribution in [0.3, 0.4) is 0 Å². The first-order valence-corrected chi connectivity index (χ1v) is 7.34. The van der Waals surface area contributed by atoms with Crippen LogP contribution in [0.1, 0.15) is 15.9 Å². The molecule has 0 atom stereocenters. The van der Waals surface area contributed by atoms with Gasteiger partial charge < -0.3 is 5.11 Å². The fourth-order valence-corrected chi connectivity index (χ4v) is 3.10. The van der Waals surface area contributed by atoms with E-state index in [2.05, 4.69) is 0 Å². The third-order valence-electron chi connectivity index (χ3n) is 2.71. The predicted molar refractivity (Wildman–Crippen MR) is 70.7 cm³/mol. The first-order chi connectivity index (χ1) is 9.38. The molecule has 0 aliphatic rings. The molecule has 2 rings (SSSR count). The number of benzene rings is 2. The van der Waals surface area contributed by atoms with Gasteiger partial charge in [0.05, 0.1) is 16.2 Å². The van der Waals surface area contributed by atoms with E-state index in [4.69, 9.17) is 5.11 Å². The van der Waals surface area contributed by atoms with Crippen molar-refractivity contribution >= 4 is 15.8 Å². The smallest absolute Gasteiger partial charge is 0.335 e. The van der Waals surface area contributed by atoms with Gasteiger partial charge in [0, 0.05) is 0 Å². The van der Waals surface area contributed by atoms with E-state index in [0.29, 0.717) is 5.56 Å². The molecule has 0 saturated carbocycles. The molecule has 104 valence electrons. The molecule has 1 N–H and O–H groups in total. The number of carboxylic acids is 1. The van der Waals surface area contributed by atoms with Crippen molar-refractivity contribution < 1.29 is 22.7 Å². The first-order valence-electron chi connectivity index (χ1n) is 5.69. The van der Waals surface area contributed by atoms with Gasteiger partial charge in [0.1, 0.15) is 5.82 Å². The largest absolute Gasteiger partial charge is 0.478 e. The Morgan fingerprint density at radius 3 is 2.35 bits per heavy atom. The highest BCUT2D eigenvalue weighted by Crippen LogP contribution is 2.18. The summed E-state index contributed by atoms with van der Waals surface area (Å²) in [5, 5.41) is 8.86. The summed E-state index contributed by atoms with van der Waals surface area (Å²) < 4.78 is 37.1. The topological polar surface area (TPSA) is 71.4 Å². The van der Waals surface area contributed by atoms with E-state index < -0.39 is 21.6 Å². The minimum Gasteiger partial charge on any atom is -0.478 e. The zero-order valence-electron chi connectivity index (χ0n) is 10.3. The predicted octanol–water partition coefficient (Wildman–Crippen LogP) is 2.50. The quantitative estimate of drug-likeness (QED) is 0.940. The molecule has 0 amide bonds. The maximum Gasteiger partial charge on any atom is 0.335 e. The van der Waals surface area contributed by atoms with E-state index in [0.717, 1.165) is 6.07 Å². The SMILES string of the molecule is O=C(O)c1cccc(S(=O)(=O)Cc2ccc(F)cc2)c1. The Hall–Kier alpha value is -2.21. The van der Waals surface area contributed by atoms with Crippen LogP contribution in [0.15, 0.2) is 53.4 Å². The summed E-state index contributed by atoms with van der Waals surface area (Å²) >= 11 is 0. The lowest BCUT2D eigenvalue weighted by Crippen LogP contribution is -2.06. The highest BCUT2D eigenvalue weighted by molar-refractivity contribution is 7.90. The molecule has 0 unspecified atom stereocenters. The number of halogens is 1. The van der Waals surface area contributed by atoms with Gasteiger partial charge in [-0.1, -0.05) is 18.2 Å². The molecule has 2 aromatic carbocycles. The van der Waals surface area contributed by atoms with Crippen molar-refractivity contribution in [2.45, 2.75) is 10.6 Å². The molecule has 0 radical (unpaired) electrons. The summed E-state index contributed by atoms with van der Waals surface area (Å²) in [6.07, 6.45) is 0. The second-order valence-electron chi connectivity index (χ2n) is 4.22. The maximum atomic E-state index is 12.8. The van der Waals surface area contributed by atoms with Crippen molar-refractivity contribution in [2.24, 2.45) is 0 Å². The van der Waals surface area contributed by atoms with Gasteiger partial charge in [-0.2, -0.15) is 0 Å². The lowest BCUT2D eigenvalue weighted by atomic mass is 10.2. The number of hydrogen-bond acceptors (Lipinski definition) is 3. The molecule has 0 spiro atoms. The van der Waals surface area contributed by atoms with E-state index in [1.54, 1.807) is 0 Å². The second-order valence-corrected chi connectivity index (χ2v) is 6.21. The average molecular weight is 294 g/mol. The fourth-order valence-electron chi connectivity index (χ4n) is 1.71. The van der Waals surface area contributed by atoms with Crippen molar-refractivity contribution in [1.82, 2.24) is 0 Å². The number of carboxylic acid groups (broad SMARTS) is 1. The normalized spacial score (nSPS) is 11.2. The van der Waals surface area contributed by atoms with Crippen LogP contribution >= 0.6 is 0 Å². The highest BCUT2D eigenvalue weighted by atomic mass is 32.2. The minimum atomic E-state index is -3.67. The molecule has 6 heteroatoms. The molecule has 0 aliphatic heterocycles. The molecule has 0 fully saturated rings. The maximum absolute atomic E-state index is 12.8. The van der Waals surface area contributed by atoms with Crippen molar-refractivity contribution in [3.05, 3.63) is 65.5 Å². The Labute approximate surface area is 115 Å². The van der Waals surface area contributed by atoms with Gasteiger partial charge in [-0.05, 0) is 35.9 Å². The zero-order chi connectivity index (χ0) is 14.8. The fraction of sp³-hybridized carbons (Fsp3) is 0.0714. The standard InChI is InChI=1S/C14H11FO4S/c15-12-6-4-10(5-7-12)9-20(18,19)13-3-1-2-11(8-13)14(16)17/h1-8H,9H2,(H,16,17). The Kier molecular flexibility index (Phi) is 3.85. The van der Waals surface area contributed by atoms with Crippen molar-refractivity contribution in [2.75, 3.05) is 0 Å². The summed E-state index contributed by atoms with van der Waals surface area (Å²) in [5.74, 6) is -1.95. The van der Waals surface area contributed by atoms with Crippen molar-refractivity contribution in [1.29, 1.82) is 0 Å². The molecule has 0 heterocycles. The van der Waals surface area contributed by atoms with E-state index in [1.807, 2.05) is 0 Å². The molecular weight excluding hydrogens is 283 g/mol. The number of carbonyl (C=O) groups is 1. The van der Waals surface area contributed by atoms with Crippen LogP contribution in [0.25, 0.3) is 0 Å². The molecule has 0 saturated heterocycles. The molecular formula is C14H11FO4S. The van der Waals surface area contributed by atoms with Crippen molar-refractivity contribution in [3.8, 4) is 0 Å².